The molecular weight excluding hydrogens is 416 g/mol. The Morgan fingerprint density at radius 2 is 1.61 bits per heavy atom. The van der Waals surface area contributed by atoms with E-state index >= 15 is 0 Å². The van der Waals surface area contributed by atoms with Gasteiger partial charge in [-0.05, 0) is 48.7 Å². The van der Waals surface area contributed by atoms with Crippen molar-refractivity contribution in [1.29, 1.82) is 0 Å². The third-order valence-electron chi connectivity index (χ3n) is 5.09. The zero-order chi connectivity index (χ0) is 21.8. The lowest BCUT2D eigenvalue weighted by Crippen LogP contribution is -2.28. The van der Waals surface area contributed by atoms with Gasteiger partial charge < -0.3 is 5.32 Å². The molecular formula is C22H22N4O4S. The molecule has 0 saturated carbocycles. The highest BCUT2D eigenvalue weighted by atomic mass is 32.2. The molecule has 160 valence electrons. The largest absolute Gasteiger partial charge is 0.321 e. The number of sulfonamides is 1. The first-order valence-electron chi connectivity index (χ1n) is 9.97. The lowest BCUT2D eigenvalue weighted by Gasteiger charge is -2.15. The smallest absolute Gasteiger partial charge is 0.276 e. The third kappa shape index (κ3) is 4.73. The van der Waals surface area contributed by atoms with Crippen LogP contribution in [0.4, 0.5) is 5.69 Å². The van der Waals surface area contributed by atoms with Gasteiger partial charge in [0, 0.05) is 24.8 Å². The van der Waals surface area contributed by atoms with E-state index in [1.807, 2.05) is 30.3 Å². The molecule has 1 aromatic heterocycles. The Bertz CT molecular complexity index is 1230. The van der Waals surface area contributed by atoms with Gasteiger partial charge in [0.2, 0.25) is 10.0 Å². The highest BCUT2D eigenvalue weighted by Gasteiger charge is 2.27. The molecule has 2 aromatic carbocycles. The number of amides is 1. The van der Waals surface area contributed by atoms with Gasteiger partial charge in [0.15, 0.2) is 0 Å². The summed E-state index contributed by atoms with van der Waals surface area (Å²) < 4.78 is 27.9. The number of aromatic nitrogens is 2. The molecule has 0 bridgehead atoms. The maximum atomic E-state index is 12.6. The molecule has 31 heavy (non-hydrogen) atoms. The molecule has 4 rings (SSSR count). The Kier molecular flexibility index (Phi) is 5.97. The molecule has 1 N–H and O–H groups in total. The topological polar surface area (TPSA) is 101 Å². The molecule has 8 nitrogen and oxygen atoms in total. The van der Waals surface area contributed by atoms with E-state index in [-0.39, 0.29) is 22.7 Å². The molecule has 1 aliphatic heterocycles. The molecule has 0 radical (unpaired) electrons. The predicted octanol–water partition coefficient (Wildman–Crippen LogP) is 2.33. The average Bonchev–Trinajstić information content (AvgIpc) is 3.32. The minimum Gasteiger partial charge on any atom is -0.321 e. The molecule has 0 unspecified atom stereocenters. The maximum Gasteiger partial charge on any atom is 0.276 e. The monoisotopic (exact) mass is 438 g/mol. The van der Waals surface area contributed by atoms with Crippen LogP contribution in [0.2, 0.25) is 0 Å². The Labute approximate surface area is 180 Å². The first kappa shape index (κ1) is 21.0. The van der Waals surface area contributed by atoms with Crippen LogP contribution in [-0.4, -0.2) is 41.5 Å². The number of hydrogen-bond acceptors (Lipinski definition) is 5. The van der Waals surface area contributed by atoms with Crippen LogP contribution in [-0.2, 0) is 16.6 Å². The quantitative estimate of drug-likeness (QED) is 0.637. The Hall–Kier alpha value is -3.30. The number of rotatable bonds is 6. The van der Waals surface area contributed by atoms with E-state index in [0.29, 0.717) is 18.8 Å². The van der Waals surface area contributed by atoms with Crippen molar-refractivity contribution in [3.63, 3.8) is 0 Å². The molecule has 1 aliphatic rings. The summed E-state index contributed by atoms with van der Waals surface area (Å²) in [5, 5.41) is 6.85. The van der Waals surface area contributed by atoms with Gasteiger partial charge >= 0.3 is 0 Å². The Morgan fingerprint density at radius 1 is 0.935 bits per heavy atom. The zero-order valence-electron chi connectivity index (χ0n) is 16.8. The van der Waals surface area contributed by atoms with Crippen LogP contribution in [0, 0.1) is 0 Å². The maximum absolute atomic E-state index is 12.6. The van der Waals surface area contributed by atoms with Crippen molar-refractivity contribution in [3.8, 4) is 0 Å². The van der Waals surface area contributed by atoms with Gasteiger partial charge in [0.05, 0.1) is 11.4 Å². The minimum absolute atomic E-state index is 0.0873. The van der Waals surface area contributed by atoms with Gasteiger partial charge in [-0.15, -0.1) is 0 Å². The SMILES string of the molecule is O=C(Nc1ccc(S(=O)(=O)N2CCCC2)cc1)c1ccc(=O)n(Cc2ccccc2)n1. The van der Waals surface area contributed by atoms with E-state index in [1.54, 1.807) is 12.1 Å². The second-order valence-corrected chi connectivity index (χ2v) is 9.23. The highest BCUT2D eigenvalue weighted by Crippen LogP contribution is 2.22. The Morgan fingerprint density at radius 3 is 2.29 bits per heavy atom. The lowest BCUT2D eigenvalue weighted by atomic mass is 10.2. The van der Waals surface area contributed by atoms with Crippen LogP contribution in [0.3, 0.4) is 0 Å². The summed E-state index contributed by atoms with van der Waals surface area (Å²) >= 11 is 0. The van der Waals surface area contributed by atoms with E-state index in [2.05, 4.69) is 10.4 Å². The normalized spacial score (nSPS) is 14.5. The van der Waals surface area contributed by atoms with Crippen molar-refractivity contribution >= 4 is 21.6 Å². The molecule has 3 aromatic rings. The average molecular weight is 439 g/mol. The van der Waals surface area contributed by atoms with E-state index in [0.717, 1.165) is 18.4 Å². The summed E-state index contributed by atoms with van der Waals surface area (Å²) in [6.07, 6.45) is 1.74. The van der Waals surface area contributed by atoms with Gasteiger partial charge in [-0.3, -0.25) is 9.59 Å². The van der Waals surface area contributed by atoms with Crippen molar-refractivity contribution in [2.75, 3.05) is 18.4 Å². The molecule has 0 aliphatic carbocycles. The number of nitrogens with zero attached hydrogens (tertiary/aromatic N) is 3. The number of benzene rings is 2. The van der Waals surface area contributed by atoms with Gasteiger partial charge in [-0.2, -0.15) is 9.40 Å². The molecule has 0 atom stereocenters. The third-order valence-corrected chi connectivity index (χ3v) is 7.00. The summed E-state index contributed by atoms with van der Waals surface area (Å²) in [5.74, 6) is -0.489. The molecule has 1 amide bonds. The van der Waals surface area contributed by atoms with Gasteiger partial charge in [0.1, 0.15) is 5.69 Å². The first-order chi connectivity index (χ1) is 14.9. The van der Waals surface area contributed by atoms with Crippen LogP contribution in [0.5, 0.6) is 0 Å². The van der Waals surface area contributed by atoms with Crippen molar-refractivity contribution in [3.05, 3.63) is 88.3 Å². The fourth-order valence-corrected chi connectivity index (χ4v) is 4.94. The first-order valence-corrected chi connectivity index (χ1v) is 11.4. The zero-order valence-corrected chi connectivity index (χ0v) is 17.6. The van der Waals surface area contributed by atoms with Gasteiger partial charge in [-0.1, -0.05) is 30.3 Å². The second-order valence-electron chi connectivity index (χ2n) is 7.29. The predicted molar refractivity (Wildman–Crippen MR) is 116 cm³/mol. The van der Waals surface area contributed by atoms with Crippen molar-refractivity contribution in [2.45, 2.75) is 24.3 Å². The van der Waals surface area contributed by atoms with Crippen LogP contribution >= 0.6 is 0 Å². The molecule has 1 saturated heterocycles. The van der Waals surface area contributed by atoms with E-state index in [1.165, 1.54) is 33.3 Å². The van der Waals surface area contributed by atoms with E-state index in [9.17, 15) is 18.0 Å². The number of carbonyl (C=O) groups is 1. The summed E-state index contributed by atoms with van der Waals surface area (Å²) in [5.41, 5.74) is 1.11. The second kappa shape index (κ2) is 8.83. The van der Waals surface area contributed by atoms with Crippen LogP contribution < -0.4 is 10.9 Å². The molecule has 2 heterocycles. The number of hydrogen-bond donors (Lipinski definition) is 1. The molecule has 1 fully saturated rings. The number of anilines is 1. The fraction of sp³-hybridized carbons (Fsp3) is 0.227. The van der Waals surface area contributed by atoms with E-state index < -0.39 is 15.9 Å². The van der Waals surface area contributed by atoms with Crippen molar-refractivity contribution in [1.82, 2.24) is 14.1 Å². The molecule has 0 spiro atoms. The lowest BCUT2D eigenvalue weighted by molar-refractivity contribution is 0.102. The highest BCUT2D eigenvalue weighted by molar-refractivity contribution is 7.89. The number of nitrogens with one attached hydrogen (secondary N) is 1. The molecule has 9 heteroatoms. The van der Waals surface area contributed by atoms with Gasteiger partial charge in [-0.25, -0.2) is 13.1 Å². The van der Waals surface area contributed by atoms with Crippen molar-refractivity contribution in [2.24, 2.45) is 0 Å². The van der Waals surface area contributed by atoms with E-state index in [4.69, 9.17) is 0 Å². The standard InChI is InChI=1S/C22H22N4O4S/c27-21-13-12-20(24-26(21)16-17-6-2-1-3-7-17)22(28)23-18-8-10-19(11-9-18)31(29,30)25-14-4-5-15-25/h1-3,6-13H,4-5,14-16H2,(H,23,28). The van der Waals surface area contributed by atoms with Crippen LogP contribution in [0.1, 0.15) is 28.9 Å². The fourth-order valence-electron chi connectivity index (χ4n) is 3.42. The summed E-state index contributed by atoms with van der Waals surface area (Å²) in [6, 6.07) is 18.1. The minimum atomic E-state index is -3.51. The summed E-state index contributed by atoms with van der Waals surface area (Å²) in [7, 11) is -3.51. The van der Waals surface area contributed by atoms with Crippen LogP contribution in [0.25, 0.3) is 0 Å². The number of carbonyl (C=O) groups excluding carboxylic acids is 1. The summed E-state index contributed by atoms with van der Waals surface area (Å²) in [4.78, 5) is 24.9. The van der Waals surface area contributed by atoms with Crippen LogP contribution in [0.15, 0.2) is 76.4 Å². The van der Waals surface area contributed by atoms with Crippen molar-refractivity contribution < 1.29 is 13.2 Å². The summed E-state index contributed by atoms with van der Waals surface area (Å²) in [6.45, 7) is 1.32. The Balaban J connectivity index is 1.48. The van der Waals surface area contributed by atoms with Gasteiger partial charge in [0.25, 0.3) is 11.5 Å².